The van der Waals surface area contributed by atoms with Gasteiger partial charge in [-0.1, -0.05) is 109 Å². The predicted octanol–water partition coefficient (Wildman–Crippen LogP) is 12.7. The molecule has 1 unspecified atom stereocenters. The van der Waals surface area contributed by atoms with Crippen LogP contribution < -0.4 is 4.72 Å². The van der Waals surface area contributed by atoms with Crippen LogP contribution in [-0.4, -0.2) is 29.1 Å². The predicted molar refractivity (Wildman–Crippen MR) is 264 cm³/mol. The van der Waals surface area contributed by atoms with Crippen molar-refractivity contribution in [3.05, 3.63) is 209 Å². The van der Waals surface area contributed by atoms with E-state index in [4.69, 9.17) is 9.77 Å². The zero-order valence-electron chi connectivity index (χ0n) is 37.9. The Bertz CT molecular complexity index is 2960. The van der Waals surface area contributed by atoms with Gasteiger partial charge in [0.25, 0.3) is 0 Å². The quantitative estimate of drug-likeness (QED) is 0.120. The molecule has 1 aliphatic rings. The van der Waals surface area contributed by atoms with Crippen molar-refractivity contribution in [1.29, 1.82) is 4.78 Å². The highest BCUT2D eigenvalue weighted by atomic mass is 32.2. The van der Waals surface area contributed by atoms with Gasteiger partial charge in [0.05, 0.1) is 29.1 Å². The summed E-state index contributed by atoms with van der Waals surface area (Å²) in [5.74, 6) is -0.191. The summed E-state index contributed by atoms with van der Waals surface area (Å²) >= 11 is 0. The van der Waals surface area contributed by atoms with Crippen LogP contribution in [-0.2, 0) is 38.6 Å². The molecule has 7 nitrogen and oxygen atoms in total. The normalized spacial score (nSPS) is 15.0. The van der Waals surface area contributed by atoms with E-state index < -0.39 is 20.0 Å². The van der Waals surface area contributed by atoms with E-state index in [1.54, 1.807) is 0 Å². The lowest BCUT2D eigenvalue weighted by molar-refractivity contribution is 0.547. The fourth-order valence-electron chi connectivity index (χ4n) is 9.34. The average Bonchev–Trinajstić information content (AvgIpc) is 3.20. The van der Waals surface area contributed by atoms with Crippen LogP contribution >= 0.6 is 0 Å². The minimum Gasteiger partial charge on any atom is -0.300 e. The number of hydrogen-bond donors (Lipinski definition) is 3. The molecule has 0 amide bonds. The smallest absolute Gasteiger partial charge is 0.229 e. The largest absolute Gasteiger partial charge is 0.300 e. The Morgan fingerprint density at radius 3 is 1.62 bits per heavy atom. The molecule has 0 saturated heterocycles. The molecule has 1 atom stereocenters. The number of sulfonamides is 1. The lowest BCUT2D eigenvalue weighted by Gasteiger charge is -2.22. The molecule has 7 rings (SSSR count). The number of fused-ring (bicyclic) bond motifs is 1. The van der Waals surface area contributed by atoms with Crippen molar-refractivity contribution >= 4 is 48.3 Å². The van der Waals surface area contributed by atoms with Crippen LogP contribution in [0.5, 0.6) is 0 Å². The van der Waals surface area contributed by atoms with Gasteiger partial charge in [0.2, 0.25) is 10.0 Å². The Hall–Kier alpha value is -5.87. The van der Waals surface area contributed by atoms with Crippen LogP contribution in [0.3, 0.4) is 0 Å². The highest BCUT2D eigenvalue weighted by molar-refractivity contribution is 7.92. The molecule has 0 spiro atoms. The molecule has 0 aromatic heterocycles. The number of nitrogens with one attached hydrogen (secondary N) is 2. The van der Waals surface area contributed by atoms with Crippen molar-refractivity contribution in [1.82, 2.24) is 0 Å². The number of allylic oxidation sites excluding steroid dienone is 3. The first-order chi connectivity index (χ1) is 29.7. The Kier molecular flexibility index (Phi) is 12.7. The minimum absolute atomic E-state index is 0.191. The molecule has 0 fully saturated rings. The third-order valence-electron chi connectivity index (χ3n) is 12.3. The van der Waals surface area contributed by atoms with Crippen molar-refractivity contribution in [3.8, 4) is 0 Å². The van der Waals surface area contributed by atoms with Crippen molar-refractivity contribution in [2.24, 2.45) is 4.99 Å². The standard InChI is InChI=1S/C54H57N3O4S2/c1-32-25-36(5)53(37(6)26-32)56-51-24-23-47(45-13-11-12-14-46(45)51)52(43-19-15-41(16-20-43)29-48-33(2)27-35(4)50(39(48)8)31-63(55,60)61)44-21-17-42(18-22-44)30-49-34(3)28-38(7)54(40(49)9)57-62(10,58)59/h11-28,57H,29-31H2,1-10H3,(H2,55,60,61). The summed E-state index contributed by atoms with van der Waals surface area (Å²) in [6.07, 6.45) is 6.81. The maximum atomic E-state index is 12.3. The molecule has 6 aromatic carbocycles. The fraction of sp³-hybridized carbons (Fsp3) is 0.241. The van der Waals surface area contributed by atoms with Gasteiger partial charge in [0.1, 0.15) is 0 Å². The number of aliphatic imine (C=N–C) groups is 1. The first kappa shape index (κ1) is 45.2. The molecule has 0 heterocycles. The van der Waals surface area contributed by atoms with Crippen LogP contribution in [0.1, 0.15) is 100 Å². The molecular weight excluding hydrogens is 819 g/mol. The van der Waals surface area contributed by atoms with E-state index in [1.165, 1.54) is 11.8 Å². The van der Waals surface area contributed by atoms with Gasteiger partial charge in [-0.3, -0.25) is 4.72 Å². The Morgan fingerprint density at radius 1 is 0.603 bits per heavy atom. The molecule has 1 aliphatic carbocycles. The monoisotopic (exact) mass is 875 g/mol. The molecular formula is C54H57N3O4S2. The maximum absolute atomic E-state index is 12.3. The van der Waals surface area contributed by atoms with E-state index in [0.29, 0.717) is 18.5 Å². The first-order valence-electron chi connectivity index (χ1n) is 21.2. The number of nitrogens with zero attached hydrogens (tertiary/aromatic N) is 1. The highest BCUT2D eigenvalue weighted by Crippen LogP contribution is 2.39. The van der Waals surface area contributed by atoms with E-state index >= 15 is 0 Å². The lowest BCUT2D eigenvalue weighted by atomic mass is 9.83. The first-order valence-corrected chi connectivity index (χ1v) is 24.8. The van der Waals surface area contributed by atoms with E-state index in [1.807, 2.05) is 33.8 Å². The van der Waals surface area contributed by atoms with Gasteiger partial charge in [-0.2, -0.15) is 0 Å². The topological polar surface area (TPSA) is 120 Å². The van der Waals surface area contributed by atoms with Gasteiger partial charge in [-0.05, 0) is 181 Å². The zero-order chi connectivity index (χ0) is 45.5. The molecule has 63 heavy (non-hydrogen) atoms. The third-order valence-corrected chi connectivity index (χ3v) is 13.6. The molecule has 3 N–H and O–H groups in total. The van der Waals surface area contributed by atoms with Crippen molar-refractivity contribution in [2.75, 3.05) is 11.0 Å². The third kappa shape index (κ3) is 10.0. The van der Waals surface area contributed by atoms with Crippen LogP contribution in [0.25, 0.3) is 11.1 Å². The van der Waals surface area contributed by atoms with E-state index in [9.17, 15) is 17.2 Å². The van der Waals surface area contributed by atoms with Crippen LogP contribution in [0, 0.1) is 67.1 Å². The summed E-state index contributed by atoms with van der Waals surface area (Å²) in [5, 5.41) is 0. The summed E-state index contributed by atoms with van der Waals surface area (Å²) in [6.45, 7) is 18.4. The van der Waals surface area contributed by atoms with Gasteiger partial charge < -0.3 is 4.55 Å². The summed E-state index contributed by atoms with van der Waals surface area (Å²) in [5.41, 5.74) is 23.6. The van der Waals surface area contributed by atoms with E-state index in [0.717, 1.165) is 117 Å². The molecule has 0 bridgehead atoms. The number of rotatable bonds is 11. The van der Waals surface area contributed by atoms with Gasteiger partial charge in [0, 0.05) is 5.56 Å². The molecule has 0 aliphatic heterocycles. The number of anilines is 1. The van der Waals surface area contributed by atoms with Crippen molar-refractivity contribution in [3.63, 3.8) is 0 Å². The number of aryl methyl sites for hydroxylation is 7. The summed E-state index contributed by atoms with van der Waals surface area (Å²) in [7, 11) is -7.14. The van der Waals surface area contributed by atoms with Crippen LogP contribution in [0.4, 0.5) is 11.4 Å². The van der Waals surface area contributed by atoms with Crippen LogP contribution in [0.2, 0.25) is 0 Å². The van der Waals surface area contributed by atoms with Gasteiger partial charge in [-0.25, -0.2) is 22.4 Å². The highest BCUT2D eigenvalue weighted by Gasteiger charge is 2.22. The van der Waals surface area contributed by atoms with Gasteiger partial charge in [-0.15, -0.1) is 0 Å². The second-order valence-electron chi connectivity index (χ2n) is 17.4. The summed E-state index contributed by atoms with van der Waals surface area (Å²) < 4.78 is 57.1. The van der Waals surface area contributed by atoms with E-state index in [2.05, 4.69) is 142 Å². The number of hydrogen-bond acceptors (Lipinski definition) is 5. The Labute approximate surface area is 374 Å². The van der Waals surface area contributed by atoms with Crippen molar-refractivity contribution < 1.29 is 17.2 Å². The SMILES string of the molecule is Cc1cc(C)c(N=C2C=CC(=C(c3ccc(Cc4c(C)cc(C)c(CS(=N)(=O)O)c4C)cc3)c3ccc(Cc4c(C)cc(C)c(NS(C)(=O)=O)c4C)cc3)c3ccccc32)c(C)c1. The second-order valence-corrected chi connectivity index (χ2v) is 20.7. The van der Waals surface area contributed by atoms with Crippen molar-refractivity contribution in [2.45, 2.75) is 80.9 Å². The minimum atomic E-state index is -3.70. The number of benzene rings is 6. The van der Waals surface area contributed by atoms with Crippen LogP contribution in [0.15, 0.2) is 114 Å². The Balaban J connectivity index is 1.33. The fourth-order valence-corrected chi connectivity index (χ4v) is 10.9. The molecule has 6 aromatic rings. The summed E-state index contributed by atoms with van der Waals surface area (Å²) in [4.78, 5) is 5.26. The van der Waals surface area contributed by atoms with Gasteiger partial charge in [0.15, 0.2) is 10.0 Å². The molecule has 9 heteroatoms. The summed E-state index contributed by atoms with van der Waals surface area (Å²) in [6, 6.07) is 34.4. The lowest BCUT2D eigenvalue weighted by Crippen LogP contribution is -2.13. The molecule has 0 radical (unpaired) electrons. The molecule has 0 saturated carbocycles. The second kappa shape index (κ2) is 17.7. The Morgan fingerprint density at radius 2 is 1.10 bits per heavy atom. The molecule has 324 valence electrons. The van der Waals surface area contributed by atoms with E-state index in [-0.39, 0.29) is 5.75 Å². The average molecular weight is 876 g/mol. The zero-order valence-corrected chi connectivity index (χ0v) is 39.6. The van der Waals surface area contributed by atoms with Gasteiger partial charge >= 0.3 is 0 Å². The maximum Gasteiger partial charge on any atom is 0.229 e.